The van der Waals surface area contributed by atoms with Crippen molar-refractivity contribution < 1.29 is 14.6 Å². The SMILES string of the molecule is COc1ccc2[nH]nc(-c3cc(N)cc(C(=O)O)c3)c2c1. The normalized spacial score (nSPS) is 10.7. The highest BCUT2D eigenvalue weighted by Crippen LogP contribution is 2.30. The molecular weight excluding hydrogens is 270 g/mol. The number of benzene rings is 2. The van der Waals surface area contributed by atoms with Gasteiger partial charge in [-0.2, -0.15) is 5.10 Å². The summed E-state index contributed by atoms with van der Waals surface area (Å²) >= 11 is 0. The van der Waals surface area contributed by atoms with Crippen molar-refractivity contribution in [2.45, 2.75) is 0 Å². The van der Waals surface area contributed by atoms with Crippen molar-refractivity contribution in [2.75, 3.05) is 12.8 Å². The van der Waals surface area contributed by atoms with Crippen LogP contribution in [0, 0.1) is 0 Å². The van der Waals surface area contributed by atoms with E-state index in [9.17, 15) is 4.79 Å². The number of aromatic nitrogens is 2. The molecule has 0 saturated heterocycles. The molecule has 1 heterocycles. The zero-order valence-electron chi connectivity index (χ0n) is 11.3. The number of rotatable bonds is 3. The number of methoxy groups -OCH3 is 1. The van der Waals surface area contributed by atoms with E-state index in [0.717, 1.165) is 10.9 Å². The van der Waals surface area contributed by atoms with Gasteiger partial charge in [0.05, 0.1) is 18.2 Å². The fourth-order valence-corrected chi connectivity index (χ4v) is 2.25. The molecule has 0 aliphatic carbocycles. The van der Waals surface area contributed by atoms with Gasteiger partial charge in [-0.1, -0.05) is 0 Å². The van der Waals surface area contributed by atoms with Gasteiger partial charge in [0, 0.05) is 16.6 Å². The first-order chi connectivity index (χ1) is 10.1. The van der Waals surface area contributed by atoms with E-state index in [1.807, 2.05) is 18.2 Å². The number of anilines is 1. The predicted molar refractivity (Wildman–Crippen MR) is 79.5 cm³/mol. The van der Waals surface area contributed by atoms with Crippen LogP contribution in [0.25, 0.3) is 22.2 Å². The number of fused-ring (bicyclic) bond motifs is 1. The molecule has 0 radical (unpaired) electrons. The van der Waals surface area contributed by atoms with E-state index in [1.165, 1.54) is 6.07 Å². The Balaban J connectivity index is 2.22. The molecule has 0 spiro atoms. The second-order valence-electron chi connectivity index (χ2n) is 4.63. The molecule has 106 valence electrons. The van der Waals surface area contributed by atoms with Crippen molar-refractivity contribution in [1.82, 2.24) is 10.2 Å². The van der Waals surface area contributed by atoms with E-state index in [1.54, 1.807) is 19.2 Å². The first-order valence-electron chi connectivity index (χ1n) is 6.25. The summed E-state index contributed by atoms with van der Waals surface area (Å²) in [4.78, 5) is 11.1. The molecule has 0 aliphatic rings. The molecule has 6 heteroatoms. The van der Waals surface area contributed by atoms with Crippen LogP contribution in [0.2, 0.25) is 0 Å². The van der Waals surface area contributed by atoms with Crippen LogP contribution in [-0.2, 0) is 0 Å². The maximum Gasteiger partial charge on any atom is 0.335 e. The van der Waals surface area contributed by atoms with Gasteiger partial charge in [0.2, 0.25) is 0 Å². The van der Waals surface area contributed by atoms with Crippen molar-refractivity contribution in [3.05, 3.63) is 42.0 Å². The monoisotopic (exact) mass is 283 g/mol. The van der Waals surface area contributed by atoms with E-state index >= 15 is 0 Å². The average Bonchev–Trinajstić information content (AvgIpc) is 2.89. The number of carbonyl (C=O) groups is 1. The molecule has 1 aromatic heterocycles. The van der Waals surface area contributed by atoms with E-state index in [4.69, 9.17) is 15.6 Å². The molecule has 0 bridgehead atoms. The second-order valence-corrected chi connectivity index (χ2v) is 4.63. The molecule has 2 aromatic carbocycles. The Morgan fingerprint density at radius 2 is 2.10 bits per heavy atom. The largest absolute Gasteiger partial charge is 0.497 e. The lowest BCUT2D eigenvalue weighted by molar-refractivity contribution is 0.0697. The number of nitrogens with zero attached hydrogens (tertiary/aromatic N) is 1. The van der Waals surface area contributed by atoms with Crippen LogP contribution in [0.5, 0.6) is 5.75 Å². The van der Waals surface area contributed by atoms with Gasteiger partial charge < -0.3 is 15.6 Å². The molecule has 0 atom stereocenters. The first-order valence-corrected chi connectivity index (χ1v) is 6.25. The summed E-state index contributed by atoms with van der Waals surface area (Å²) in [5, 5.41) is 17.1. The Bertz CT molecular complexity index is 839. The minimum Gasteiger partial charge on any atom is -0.497 e. The van der Waals surface area contributed by atoms with Gasteiger partial charge in [0.1, 0.15) is 11.4 Å². The minimum atomic E-state index is -1.03. The van der Waals surface area contributed by atoms with E-state index in [0.29, 0.717) is 22.7 Å². The second kappa shape index (κ2) is 4.82. The number of carboxylic acid groups (broad SMARTS) is 1. The maximum atomic E-state index is 11.1. The smallest absolute Gasteiger partial charge is 0.335 e. The molecule has 4 N–H and O–H groups in total. The van der Waals surface area contributed by atoms with Crippen molar-refractivity contribution >= 4 is 22.6 Å². The van der Waals surface area contributed by atoms with E-state index in [2.05, 4.69) is 10.2 Å². The van der Waals surface area contributed by atoms with Crippen molar-refractivity contribution in [1.29, 1.82) is 0 Å². The van der Waals surface area contributed by atoms with Crippen molar-refractivity contribution in [3.63, 3.8) is 0 Å². The van der Waals surface area contributed by atoms with E-state index in [-0.39, 0.29) is 5.56 Å². The Morgan fingerprint density at radius 3 is 2.81 bits per heavy atom. The summed E-state index contributed by atoms with van der Waals surface area (Å²) in [5.74, 6) is -0.325. The zero-order valence-corrected chi connectivity index (χ0v) is 11.3. The summed E-state index contributed by atoms with van der Waals surface area (Å²) in [6, 6.07) is 10.2. The van der Waals surface area contributed by atoms with Crippen LogP contribution in [0.3, 0.4) is 0 Å². The third-order valence-electron chi connectivity index (χ3n) is 3.25. The lowest BCUT2D eigenvalue weighted by Crippen LogP contribution is -1.99. The molecule has 0 fully saturated rings. The highest BCUT2D eigenvalue weighted by Gasteiger charge is 2.13. The third kappa shape index (κ3) is 2.27. The molecule has 3 rings (SSSR count). The first kappa shape index (κ1) is 13.0. The molecule has 0 unspecified atom stereocenters. The van der Waals surface area contributed by atoms with Crippen LogP contribution in [0.1, 0.15) is 10.4 Å². The highest BCUT2D eigenvalue weighted by atomic mass is 16.5. The van der Waals surface area contributed by atoms with E-state index < -0.39 is 5.97 Å². The molecule has 0 amide bonds. The highest BCUT2D eigenvalue weighted by molar-refractivity contribution is 5.97. The number of H-pyrrole nitrogens is 1. The maximum absolute atomic E-state index is 11.1. The summed E-state index contributed by atoms with van der Waals surface area (Å²) < 4.78 is 5.21. The molecule has 6 nitrogen and oxygen atoms in total. The molecule has 0 saturated carbocycles. The Hall–Kier alpha value is -3.02. The average molecular weight is 283 g/mol. The fraction of sp³-hybridized carbons (Fsp3) is 0.0667. The van der Waals surface area contributed by atoms with Gasteiger partial charge in [-0.25, -0.2) is 4.79 Å². The van der Waals surface area contributed by atoms with Crippen LogP contribution < -0.4 is 10.5 Å². The number of ether oxygens (including phenoxy) is 1. The van der Waals surface area contributed by atoms with Gasteiger partial charge in [-0.05, 0) is 36.4 Å². The van der Waals surface area contributed by atoms with Crippen LogP contribution in [0.15, 0.2) is 36.4 Å². The number of aromatic amines is 1. The number of nitrogen functional groups attached to an aromatic ring is 1. The zero-order chi connectivity index (χ0) is 15.0. The Labute approximate surface area is 120 Å². The summed E-state index contributed by atoms with van der Waals surface area (Å²) in [5.41, 5.74) is 8.41. The Morgan fingerprint density at radius 1 is 1.29 bits per heavy atom. The van der Waals surface area contributed by atoms with Crippen LogP contribution >= 0.6 is 0 Å². The number of nitrogens with two attached hydrogens (primary N) is 1. The molecular formula is C15H13N3O3. The molecule has 3 aromatic rings. The lowest BCUT2D eigenvalue weighted by atomic mass is 10.0. The van der Waals surface area contributed by atoms with Gasteiger partial charge in [-0.3, -0.25) is 5.10 Å². The quantitative estimate of drug-likeness (QED) is 0.641. The predicted octanol–water partition coefficient (Wildman–Crippen LogP) is 2.52. The summed E-state index contributed by atoms with van der Waals surface area (Å²) in [6.07, 6.45) is 0. The lowest BCUT2D eigenvalue weighted by Gasteiger charge is -2.04. The fourth-order valence-electron chi connectivity index (χ4n) is 2.25. The van der Waals surface area contributed by atoms with Gasteiger partial charge in [0.25, 0.3) is 0 Å². The Kier molecular flexibility index (Phi) is 2.98. The third-order valence-corrected chi connectivity index (χ3v) is 3.25. The number of hydrogen-bond donors (Lipinski definition) is 3. The van der Waals surface area contributed by atoms with Gasteiger partial charge in [-0.15, -0.1) is 0 Å². The number of carboxylic acids is 1. The number of nitrogens with one attached hydrogen (secondary N) is 1. The standard InChI is InChI=1S/C15H13N3O3/c1-21-11-2-3-13-12(7-11)14(18-17-13)8-4-9(15(19)20)6-10(16)5-8/h2-7H,16H2,1H3,(H,17,18)(H,19,20). The van der Waals surface area contributed by atoms with Crippen LogP contribution in [-0.4, -0.2) is 28.4 Å². The molecule has 0 aliphatic heterocycles. The molecule has 21 heavy (non-hydrogen) atoms. The summed E-state index contributed by atoms with van der Waals surface area (Å²) in [6.45, 7) is 0. The minimum absolute atomic E-state index is 0.129. The van der Waals surface area contributed by atoms with Gasteiger partial charge >= 0.3 is 5.97 Å². The topological polar surface area (TPSA) is 101 Å². The number of hydrogen-bond acceptors (Lipinski definition) is 4. The van der Waals surface area contributed by atoms with Gasteiger partial charge in [0.15, 0.2) is 0 Å². The van der Waals surface area contributed by atoms with Crippen LogP contribution in [0.4, 0.5) is 5.69 Å². The van der Waals surface area contributed by atoms with Crippen molar-refractivity contribution in [2.24, 2.45) is 0 Å². The van der Waals surface area contributed by atoms with Crippen molar-refractivity contribution in [3.8, 4) is 17.0 Å². The summed E-state index contributed by atoms with van der Waals surface area (Å²) in [7, 11) is 1.59. The number of aromatic carboxylic acids is 1.